The number of rotatable bonds is 9. The number of amides is 2. The average Bonchev–Trinajstić information content (AvgIpc) is 3.20. The van der Waals surface area contributed by atoms with E-state index in [0.717, 1.165) is 36.1 Å². The molecule has 1 heterocycles. The van der Waals surface area contributed by atoms with E-state index in [1.165, 1.54) is 0 Å². The molecule has 0 spiro atoms. The van der Waals surface area contributed by atoms with E-state index in [4.69, 9.17) is 9.72 Å². The third kappa shape index (κ3) is 5.26. The molecular formula is C27H28N4O3. The summed E-state index contributed by atoms with van der Waals surface area (Å²) in [5, 5.41) is 5.77. The third-order valence-electron chi connectivity index (χ3n) is 5.58. The van der Waals surface area contributed by atoms with Crippen LogP contribution in [-0.2, 0) is 17.8 Å². The molecule has 0 aliphatic rings. The summed E-state index contributed by atoms with van der Waals surface area (Å²) in [5.41, 5.74) is 3.54. The number of fused-ring (bicyclic) bond motifs is 1. The van der Waals surface area contributed by atoms with Crippen LogP contribution in [0.1, 0.15) is 35.9 Å². The van der Waals surface area contributed by atoms with Crippen LogP contribution in [-0.4, -0.2) is 28.5 Å². The number of para-hydroxylation sites is 4. The zero-order valence-electron chi connectivity index (χ0n) is 19.4. The molecule has 0 atom stereocenters. The molecule has 7 nitrogen and oxygen atoms in total. The van der Waals surface area contributed by atoms with E-state index in [0.29, 0.717) is 22.7 Å². The van der Waals surface area contributed by atoms with Gasteiger partial charge in [0.25, 0.3) is 5.91 Å². The number of anilines is 2. The van der Waals surface area contributed by atoms with Gasteiger partial charge >= 0.3 is 0 Å². The Labute approximate surface area is 198 Å². The summed E-state index contributed by atoms with van der Waals surface area (Å²) in [5.74, 6) is 1.10. The highest BCUT2D eigenvalue weighted by Crippen LogP contribution is 2.24. The standard InChI is InChI=1S/C27H28N4O3/c1-3-4-13-25-29-21-9-5-7-11-23(21)31(25)18-26(32)28-20-16-14-19(15-17-20)27(33)30-22-10-6-8-12-24(22)34-2/h5-12,14-17H,3-4,13,18H2,1-2H3,(H,28,32)(H,30,33). The number of nitrogens with zero attached hydrogens (tertiary/aromatic N) is 2. The molecule has 174 valence electrons. The Morgan fingerprint density at radius 2 is 1.68 bits per heavy atom. The molecule has 4 rings (SSSR count). The third-order valence-corrected chi connectivity index (χ3v) is 5.58. The molecule has 0 fully saturated rings. The van der Waals surface area contributed by atoms with Gasteiger partial charge in [-0.3, -0.25) is 9.59 Å². The number of carbonyl (C=O) groups excluding carboxylic acids is 2. The maximum atomic E-state index is 12.8. The van der Waals surface area contributed by atoms with Crippen molar-refractivity contribution in [2.24, 2.45) is 0 Å². The SMILES string of the molecule is CCCCc1nc2ccccc2n1CC(=O)Nc1ccc(C(=O)Nc2ccccc2OC)cc1. The number of aryl methyl sites for hydroxylation is 1. The molecule has 7 heteroatoms. The van der Waals surface area contributed by atoms with Crippen LogP contribution in [0.25, 0.3) is 11.0 Å². The fraction of sp³-hybridized carbons (Fsp3) is 0.222. The maximum Gasteiger partial charge on any atom is 0.255 e. The fourth-order valence-corrected chi connectivity index (χ4v) is 3.82. The van der Waals surface area contributed by atoms with Crippen LogP contribution in [0.2, 0.25) is 0 Å². The number of nitrogens with one attached hydrogen (secondary N) is 2. The van der Waals surface area contributed by atoms with Gasteiger partial charge in [-0.1, -0.05) is 37.6 Å². The number of hydrogen-bond donors (Lipinski definition) is 2. The summed E-state index contributed by atoms with van der Waals surface area (Å²) in [4.78, 5) is 30.2. The minimum Gasteiger partial charge on any atom is -0.495 e. The van der Waals surface area contributed by atoms with Crippen molar-refractivity contribution in [2.75, 3.05) is 17.7 Å². The van der Waals surface area contributed by atoms with Crippen LogP contribution in [0, 0.1) is 0 Å². The minimum atomic E-state index is -0.257. The van der Waals surface area contributed by atoms with E-state index >= 15 is 0 Å². The Bertz CT molecular complexity index is 1290. The average molecular weight is 457 g/mol. The zero-order valence-corrected chi connectivity index (χ0v) is 19.4. The Kier molecular flexibility index (Phi) is 7.22. The molecule has 0 aliphatic heterocycles. The Hall–Kier alpha value is -4.13. The summed E-state index contributed by atoms with van der Waals surface area (Å²) in [6.45, 7) is 2.32. The van der Waals surface area contributed by atoms with Crippen molar-refractivity contribution in [3.05, 3.63) is 84.2 Å². The van der Waals surface area contributed by atoms with Gasteiger partial charge < -0.3 is 19.9 Å². The molecule has 0 aliphatic carbocycles. The Morgan fingerprint density at radius 1 is 0.941 bits per heavy atom. The highest BCUT2D eigenvalue weighted by Gasteiger charge is 2.14. The first-order chi connectivity index (χ1) is 16.6. The van der Waals surface area contributed by atoms with E-state index < -0.39 is 0 Å². The second-order valence-electron chi connectivity index (χ2n) is 7.99. The Balaban J connectivity index is 1.43. The summed E-state index contributed by atoms with van der Waals surface area (Å²) < 4.78 is 7.26. The second-order valence-corrected chi connectivity index (χ2v) is 7.99. The summed E-state index contributed by atoms with van der Waals surface area (Å²) in [6, 6.07) is 21.9. The molecule has 4 aromatic rings. The van der Waals surface area contributed by atoms with Gasteiger partial charge in [0.05, 0.1) is 23.8 Å². The van der Waals surface area contributed by atoms with Crippen molar-refractivity contribution >= 4 is 34.2 Å². The lowest BCUT2D eigenvalue weighted by Gasteiger charge is -2.11. The van der Waals surface area contributed by atoms with Gasteiger partial charge in [0.1, 0.15) is 18.1 Å². The molecule has 0 radical (unpaired) electrons. The molecule has 2 amide bonds. The summed E-state index contributed by atoms with van der Waals surface area (Å²) >= 11 is 0. The molecule has 2 N–H and O–H groups in total. The molecule has 1 aromatic heterocycles. The molecule has 0 bridgehead atoms. The molecule has 34 heavy (non-hydrogen) atoms. The van der Waals surface area contributed by atoms with E-state index in [2.05, 4.69) is 17.6 Å². The van der Waals surface area contributed by atoms with Gasteiger partial charge in [-0.15, -0.1) is 0 Å². The van der Waals surface area contributed by atoms with Crippen molar-refractivity contribution in [1.29, 1.82) is 0 Å². The van der Waals surface area contributed by atoms with Gasteiger partial charge in [-0.2, -0.15) is 0 Å². The van der Waals surface area contributed by atoms with Gasteiger partial charge in [0, 0.05) is 17.7 Å². The van der Waals surface area contributed by atoms with E-state index in [1.54, 1.807) is 43.5 Å². The predicted octanol–water partition coefficient (Wildman–Crippen LogP) is 5.28. The van der Waals surface area contributed by atoms with Crippen LogP contribution in [0.5, 0.6) is 5.75 Å². The fourth-order valence-electron chi connectivity index (χ4n) is 3.82. The number of carbonyl (C=O) groups is 2. The monoisotopic (exact) mass is 456 g/mol. The van der Waals surface area contributed by atoms with Crippen LogP contribution < -0.4 is 15.4 Å². The van der Waals surface area contributed by atoms with Gasteiger partial charge in [-0.05, 0) is 55.0 Å². The van der Waals surface area contributed by atoms with Crippen molar-refractivity contribution in [1.82, 2.24) is 9.55 Å². The first kappa shape index (κ1) is 23.0. The van der Waals surface area contributed by atoms with Crippen molar-refractivity contribution in [2.45, 2.75) is 32.7 Å². The Morgan fingerprint density at radius 3 is 2.44 bits per heavy atom. The van der Waals surface area contributed by atoms with E-state index in [-0.39, 0.29) is 18.4 Å². The number of ether oxygens (including phenoxy) is 1. The van der Waals surface area contributed by atoms with Crippen LogP contribution in [0.4, 0.5) is 11.4 Å². The summed E-state index contributed by atoms with van der Waals surface area (Å²) in [6.07, 6.45) is 2.91. The number of unbranched alkanes of at least 4 members (excludes halogenated alkanes) is 1. The summed E-state index contributed by atoms with van der Waals surface area (Å²) in [7, 11) is 1.56. The minimum absolute atomic E-state index is 0.146. The van der Waals surface area contributed by atoms with Crippen LogP contribution >= 0.6 is 0 Å². The first-order valence-corrected chi connectivity index (χ1v) is 11.4. The number of benzene rings is 3. The second kappa shape index (κ2) is 10.7. The smallest absolute Gasteiger partial charge is 0.255 e. The lowest BCUT2D eigenvalue weighted by Crippen LogP contribution is -2.20. The largest absolute Gasteiger partial charge is 0.495 e. The van der Waals surface area contributed by atoms with Crippen LogP contribution in [0.15, 0.2) is 72.8 Å². The molecule has 0 saturated heterocycles. The normalized spacial score (nSPS) is 10.8. The molecule has 3 aromatic carbocycles. The molecule has 0 saturated carbocycles. The van der Waals surface area contributed by atoms with Crippen LogP contribution in [0.3, 0.4) is 0 Å². The van der Waals surface area contributed by atoms with Gasteiger partial charge in [-0.25, -0.2) is 4.98 Å². The topological polar surface area (TPSA) is 85.2 Å². The number of hydrogen-bond acceptors (Lipinski definition) is 4. The maximum absolute atomic E-state index is 12.8. The predicted molar refractivity (Wildman–Crippen MR) is 134 cm³/mol. The lowest BCUT2D eigenvalue weighted by molar-refractivity contribution is -0.116. The van der Waals surface area contributed by atoms with Gasteiger partial charge in [0.2, 0.25) is 5.91 Å². The number of aromatic nitrogens is 2. The van der Waals surface area contributed by atoms with E-state index in [1.807, 2.05) is 41.0 Å². The highest BCUT2D eigenvalue weighted by molar-refractivity contribution is 6.05. The van der Waals surface area contributed by atoms with Crippen molar-refractivity contribution in [3.63, 3.8) is 0 Å². The number of methoxy groups -OCH3 is 1. The van der Waals surface area contributed by atoms with Gasteiger partial charge in [0.15, 0.2) is 0 Å². The first-order valence-electron chi connectivity index (χ1n) is 11.4. The van der Waals surface area contributed by atoms with E-state index in [9.17, 15) is 9.59 Å². The number of imidazole rings is 1. The highest BCUT2D eigenvalue weighted by atomic mass is 16.5. The lowest BCUT2D eigenvalue weighted by atomic mass is 10.2. The quantitative estimate of drug-likeness (QED) is 0.359. The zero-order chi connectivity index (χ0) is 23.9. The molecular weight excluding hydrogens is 428 g/mol. The van der Waals surface area contributed by atoms with Crippen molar-refractivity contribution in [3.8, 4) is 5.75 Å². The van der Waals surface area contributed by atoms with Crippen molar-refractivity contribution < 1.29 is 14.3 Å². The molecule has 0 unspecified atom stereocenters.